The molecular weight excluding hydrogens is 361 g/mol. The first kappa shape index (κ1) is 19.3. The Morgan fingerprint density at radius 1 is 0.964 bits per heavy atom. The lowest BCUT2D eigenvalue weighted by Crippen LogP contribution is -2.87. The van der Waals surface area contributed by atoms with Crippen LogP contribution in [0.15, 0.2) is 77.4 Å². The van der Waals surface area contributed by atoms with Crippen molar-refractivity contribution >= 4 is 17.5 Å². The van der Waals surface area contributed by atoms with Gasteiger partial charge in [-0.15, -0.1) is 0 Å². The molecule has 144 valence electrons. The van der Waals surface area contributed by atoms with E-state index in [9.17, 15) is 14.0 Å². The topological polar surface area (TPSA) is 88.0 Å². The number of rotatable bonds is 8. The van der Waals surface area contributed by atoms with Crippen molar-refractivity contribution in [1.82, 2.24) is 5.32 Å². The molecule has 0 radical (unpaired) electrons. The van der Waals surface area contributed by atoms with Gasteiger partial charge in [-0.1, -0.05) is 30.3 Å². The minimum Gasteiger partial charge on any atom is -0.463 e. The van der Waals surface area contributed by atoms with Crippen LogP contribution in [0.25, 0.3) is 0 Å². The molecule has 0 saturated carbocycles. The van der Waals surface area contributed by atoms with Gasteiger partial charge in [0.15, 0.2) is 18.3 Å². The smallest absolute Gasteiger partial charge is 0.275 e. The highest BCUT2D eigenvalue weighted by atomic mass is 19.1. The fourth-order valence-electron chi connectivity index (χ4n) is 2.76. The molecule has 3 rings (SSSR count). The van der Waals surface area contributed by atoms with E-state index in [2.05, 4.69) is 10.6 Å². The van der Waals surface area contributed by atoms with Crippen molar-refractivity contribution in [2.75, 3.05) is 18.4 Å². The van der Waals surface area contributed by atoms with Gasteiger partial charge in [0, 0.05) is 11.3 Å². The van der Waals surface area contributed by atoms with Gasteiger partial charge in [-0.2, -0.15) is 0 Å². The number of furan rings is 1. The molecule has 3 aromatic rings. The van der Waals surface area contributed by atoms with E-state index in [0.717, 1.165) is 11.3 Å². The summed E-state index contributed by atoms with van der Waals surface area (Å²) in [4.78, 5) is 24.1. The Bertz CT molecular complexity index is 896. The normalized spacial score (nSPS) is 11.6. The average Bonchev–Trinajstić information content (AvgIpc) is 3.24. The summed E-state index contributed by atoms with van der Waals surface area (Å²) in [5.41, 5.74) is 1.48. The van der Waals surface area contributed by atoms with E-state index in [1.807, 2.05) is 41.7 Å². The minimum absolute atomic E-state index is 0.129. The van der Waals surface area contributed by atoms with E-state index in [1.165, 1.54) is 24.3 Å². The number of hydrogen-bond acceptors (Lipinski definition) is 3. The highest BCUT2D eigenvalue weighted by Crippen LogP contribution is 2.18. The average molecular weight is 382 g/mol. The Kier molecular flexibility index (Phi) is 6.54. The lowest BCUT2D eigenvalue weighted by atomic mass is 10.0. The summed E-state index contributed by atoms with van der Waals surface area (Å²) in [5, 5.41) is 7.02. The number of hydrogen-bond donors (Lipinski definition) is 3. The molecular formula is C21H21FN3O3+. The van der Waals surface area contributed by atoms with Crippen LogP contribution in [0.4, 0.5) is 10.1 Å². The van der Waals surface area contributed by atoms with Crippen LogP contribution in [-0.4, -0.2) is 24.9 Å². The Balaban J connectivity index is 1.49. The van der Waals surface area contributed by atoms with Crippen LogP contribution in [0.1, 0.15) is 17.4 Å². The number of quaternary nitrogens is 1. The minimum atomic E-state index is -0.384. The third kappa shape index (κ3) is 5.52. The number of nitrogens with one attached hydrogen (secondary N) is 2. The summed E-state index contributed by atoms with van der Waals surface area (Å²) in [7, 11) is 0. The molecule has 0 bridgehead atoms. The first-order valence-electron chi connectivity index (χ1n) is 8.85. The third-order valence-corrected chi connectivity index (χ3v) is 4.12. The van der Waals surface area contributed by atoms with Crippen LogP contribution >= 0.6 is 0 Å². The zero-order valence-electron chi connectivity index (χ0n) is 15.1. The highest BCUT2D eigenvalue weighted by Gasteiger charge is 2.21. The molecule has 0 saturated heterocycles. The molecule has 2 aromatic carbocycles. The van der Waals surface area contributed by atoms with Crippen molar-refractivity contribution in [3.8, 4) is 0 Å². The first-order chi connectivity index (χ1) is 13.6. The first-order valence-corrected chi connectivity index (χ1v) is 8.85. The van der Waals surface area contributed by atoms with Gasteiger partial charge in [0.25, 0.3) is 5.91 Å². The lowest BCUT2D eigenvalue weighted by molar-refractivity contribution is -0.678. The summed E-state index contributed by atoms with van der Waals surface area (Å²) >= 11 is 0. The lowest BCUT2D eigenvalue weighted by Gasteiger charge is -2.14. The Morgan fingerprint density at radius 3 is 2.39 bits per heavy atom. The van der Waals surface area contributed by atoms with E-state index >= 15 is 0 Å². The molecule has 0 aliphatic carbocycles. The Morgan fingerprint density at radius 2 is 1.71 bits per heavy atom. The van der Waals surface area contributed by atoms with Gasteiger partial charge in [-0.3, -0.25) is 9.59 Å². The monoisotopic (exact) mass is 382 g/mol. The van der Waals surface area contributed by atoms with E-state index in [1.54, 1.807) is 12.3 Å². The van der Waals surface area contributed by atoms with Crippen LogP contribution < -0.4 is 16.0 Å². The van der Waals surface area contributed by atoms with Crippen molar-refractivity contribution in [2.24, 2.45) is 0 Å². The van der Waals surface area contributed by atoms with E-state index < -0.39 is 0 Å². The van der Waals surface area contributed by atoms with Crippen LogP contribution in [0.2, 0.25) is 0 Å². The van der Waals surface area contributed by atoms with E-state index in [4.69, 9.17) is 4.42 Å². The molecule has 1 heterocycles. The predicted molar refractivity (Wildman–Crippen MR) is 102 cm³/mol. The molecule has 1 atom stereocenters. The van der Waals surface area contributed by atoms with Gasteiger partial charge < -0.3 is 20.4 Å². The van der Waals surface area contributed by atoms with Gasteiger partial charge >= 0.3 is 0 Å². The second-order valence-corrected chi connectivity index (χ2v) is 6.18. The molecule has 0 unspecified atom stereocenters. The van der Waals surface area contributed by atoms with Crippen molar-refractivity contribution in [3.63, 3.8) is 0 Å². The molecule has 2 amide bonds. The number of halogens is 1. The highest BCUT2D eigenvalue weighted by molar-refractivity contribution is 5.94. The molecule has 1 aromatic heterocycles. The molecule has 0 fully saturated rings. The van der Waals surface area contributed by atoms with E-state index in [-0.39, 0.29) is 36.8 Å². The van der Waals surface area contributed by atoms with Crippen LogP contribution in [0, 0.1) is 5.82 Å². The number of anilines is 1. The van der Waals surface area contributed by atoms with Crippen LogP contribution in [0.3, 0.4) is 0 Å². The zero-order chi connectivity index (χ0) is 19.8. The van der Waals surface area contributed by atoms with Crippen molar-refractivity contribution in [1.29, 1.82) is 0 Å². The predicted octanol–water partition coefficient (Wildman–Crippen LogP) is 1.83. The Hall–Kier alpha value is -3.45. The van der Waals surface area contributed by atoms with Crippen LogP contribution in [-0.2, 0) is 9.59 Å². The molecule has 0 spiro atoms. The van der Waals surface area contributed by atoms with Crippen molar-refractivity contribution in [3.05, 3.63) is 90.1 Å². The molecule has 28 heavy (non-hydrogen) atoms. The number of benzene rings is 2. The van der Waals surface area contributed by atoms with Gasteiger partial charge in [0.2, 0.25) is 5.91 Å². The summed E-state index contributed by atoms with van der Waals surface area (Å²) in [6, 6.07) is 18.6. The van der Waals surface area contributed by atoms with Gasteiger partial charge in [-0.05, 0) is 36.4 Å². The van der Waals surface area contributed by atoms with Crippen molar-refractivity contribution < 1.29 is 23.7 Å². The van der Waals surface area contributed by atoms with Crippen LogP contribution in [0.5, 0.6) is 0 Å². The maximum atomic E-state index is 12.9. The quantitative estimate of drug-likeness (QED) is 0.555. The second kappa shape index (κ2) is 9.48. The molecule has 7 heteroatoms. The summed E-state index contributed by atoms with van der Waals surface area (Å²) in [5.74, 6) is -0.299. The maximum absolute atomic E-state index is 12.9. The van der Waals surface area contributed by atoms with Crippen molar-refractivity contribution in [2.45, 2.75) is 6.04 Å². The fraction of sp³-hybridized carbons (Fsp3) is 0.143. The molecule has 4 N–H and O–H groups in total. The standard InChI is InChI=1S/C21H20FN3O3/c22-16-8-10-17(11-9-16)25-20(27)14-23-19(26)13-24-21(18-7-4-12-28-18)15-5-2-1-3-6-15/h1-12,21,24H,13-14H2,(H,23,26)(H,25,27)/p+1/t21-/m1/s1. The largest absolute Gasteiger partial charge is 0.463 e. The van der Waals surface area contributed by atoms with Gasteiger partial charge in [-0.25, -0.2) is 4.39 Å². The third-order valence-electron chi connectivity index (χ3n) is 4.12. The number of nitrogens with two attached hydrogens (primary N) is 1. The van der Waals surface area contributed by atoms with Gasteiger partial charge in [0.1, 0.15) is 5.82 Å². The number of amides is 2. The SMILES string of the molecule is O=C(C[NH2+][C@H](c1ccccc1)c1ccco1)NCC(=O)Nc1ccc(F)cc1. The summed E-state index contributed by atoms with van der Waals surface area (Å²) < 4.78 is 18.4. The van der Waals surface area contributed by atoms with Gasteiger partial charge in [0.05, 0.1) is 12.8 Å². The summed E-state index contributed by atoms with van der Waals surface area (Å²) in [6.45, 7) is -0.0368. The number of carbonyl (C=O) groups excluding carboxylic acids is 2. The maximum Gasteiger partial charge on any atom is 0.275 e. The number of carbonyl (C=O) groups is 2. The molecule has 6 nitrogen and oxygen atoms in total. The molecule has 0 aliphatic heterocycles. The zero-order valence-corrected chi connectivity index (χ0v) is 15.1. The van der Waals surface area contributed by atoms with E-state index in [0.29, 0.717) is 5.69 Å². The fourth-order valence-corrected chi connectivity index (χ4v) is 2.76. The molecule has 0 aliphatic rings. The second-order valence-electron chi connectivity index (χ2n) is 6.18. The Labute approximate surface area is 161 Å². The summed E-state index contributed by atoms with van der Waals surface area (Å²) in [6.07, 6.45) is 1.60.